The van der Waals surface area contributed by atoms with Gasteiger partial charge in [0.2, 0.25) is 0 Å². The fourth-order valence-electron chi connectivity index (χ4n) is 1.65. The Morgan fingerprint density at radius 1 is 1.00 bits per heavy atom. The molecule has 0 saturated heterocycles. The average molecular weight is 217 g/mol. The van der Waals surface area contributed by atoms with E-state index in [-0.39, 0.29) is 6.61 Å². The highest BCUT2D eigenvalue weighted by atomic mass is 16.3. The lowest BCUT2D eigenvalue weighted by Gasteiger charge is -2.15. The zero-order valence-electron chi connectivity index (χ0n) is 9.99. The third-order valence-corrected chi connectivity index (χ3v) is 2.81. The number of hydrogen-bond donors (Lipinski definition) is 3. The van der Waals surface area contributed by atoms with Gasteiger partial charge in [0, 0.05) is 0 Å². The summed E-state index contributed by atoms with van der Waals surface area (Å²) < 4.78 is 0. The van der Waals surface area contributed by atoms with Crippen molar-refractivity contribution in [3.63, 3.8) is 0 Å². The van der Waals surface area contributed by atoms with Gasteiger partial charge in [-0.1, -0.05) is 51.9 Å². The van der Waals surface area contributed by atoms with Gasteiger partial charge in [-0.3, -0.25) is 0 Å². The molecule has 3 heteroatoms. The molecule has 0 rings (SSSR count). The Morgan fingerprint density at radius 2 is 1.53 bits per heavy atom. The van der Waals surface area contributed by atoms with Gasteiger partial charge in [0.05, 0.1) is 18.8 Å². The van der Waals surface area contributed by atoms with E-state index in [4.69, 9.17) is 10.8 Å². The van der Waals surface area contributed by atoms with E-state index in [0.717, 1.165) is 12.8 Å². The van der Waals surface area contributed by atoms with Crippen molar-refractivity contribution in [3.8, 4) is 0 Å². The Labute approximate surface area is 93.7 Å². The van der Waals surface area contributed by atoms with Crippen LogP contribution < -0.4 is 5.73 Å². The number of hydrogen-bond acceptors (Lipinski definition) is 3. The van der Waals surface area contributed by atoms with E-state index >= 15 is 0 Å². The van der Waals surface area contributed by atoms with E-state index in [1.165, 1.54) is 38.5 Å². The molecule has 4 N–H and O–H groups in total. The molecule has 0 bridgehead atoms. The molecule has 2 atom stereocenters. The largest absolute Gasteiger partial charge is 0.395 e. The van der Waals surface area contributed by atoms with E-state index in [1.807, 2.05) is 0 Å². The second-order valence-corrected chi connectivity index (χ2v) is 4.32. The van der Waals surface area contributed by atoms with Gasteiger partial charge in [0.15, 0.2) is 0 Å². The van der Waals surface area contributed by atoms with E-state index in [9.17, 15) is 5.11 Å². The summed E-state index contributed by atoms with van der Waals surface area (Å²) in [5.41, 5.74) is 5.50. The third kappa shape index (κ3) is 8.85. The molecule has 0 aliphatic heterocycles. The van der Waals surface area contributed by atoms with Crippen LogP contribution in [0.25, 0.3) is 0 Å². The molecule has 92 valence electrons. The molecule has 0 aromatic rings. The minimum absolute atomic E-state index is 0.127. The van der Waals surface area contributed by atoms with Gasteiger partial charge in [-0.2, -0.15) is 0 Å². The normalized spacial score (nSPS) is 15.2. The number of rotatable bonds is 10. The van der Waals surface area contributed by atoms with Gasteiger partial charge in [-0.15, -0.1) is 0 Å². The van der Waals surface area contributed by atoms with Crippen molar-refractivity contribution in [2.24, 2.45) is 5.73 Å². The van der Waals surface area contributed by atoms with Crippen molar-refractivity contribution in [1.29, 1.82) is 0 Å². The number of aliphatic hydroxyl groups excluding tert-OH is 2. The maximum Gasteiger partial charge on any atom is 0.0713 e. The fraction of sp³-hybridized carbons (Fsp3) is 1.00. The topological polar surface area (TPSA) is 66.5 Å². The molecule has 0 fully saturated rings. The molecular weight excluding hydrogens is 190 g/mol. The molecule has 0 saturated carbocycles. The first-order valence-corrected chi connectivity index (χ1v) is 6.26. The molecule has 0 aromatic carbocycles. The molecule has 0 amide bonds. The van der Waals surface area contributed by atoms with E-state index < -0.39 is 12.1 Å². The standard InChI is InChI=1S/C12H27NO2/c1-2-3-4-5-6-7-8-9-12(15)11(13)10-14/h11-12,14-15H,2-10,13H2,1H3/t11-,12-/m0/s1. The highest BCUT2D eigenvalue weighted by molar-refractivity contribution is 4.70. The zero-order valence-corrected chi connectivity index (χ0v) is 9.99. The van der Waals surface area contributed by atoms with Gasteiger partial charge < -0.3 is 15.9 Å². The lowest BCUT2D eigenvalue weighted by atomic mass is 10.0. The van der Waals surface area contributed by atoms with E-state index in [0.29, 0.717) is 0 Å². The summed E-state index contributed by atoms with van der Waals surface area (Å²) in [5, 5.41) is 18.2. The quantitative estimate of drug-likeness (QED) is 0.489. The summed E-state index contributed by atoms with van der Waals surface area (Å²) in [4.78, 5) is 0. The fourth-order valence-corrected chi connectivity index (χ4v) is 1.65. The highest BCUT2D eigenvalue weighted by Crippen LogP contribution is 2.10. The van der Waals surface area contributed by atoms with Gasteiger partial charge in [-0.25, -0.2) is 0 Å². The summed E-state index contributed by atoms with van der Waals surface area (Å²) >= 11 is 0. The van der Waals surface area contributed by atoms with Gasteiger partial charge in [0.1, 0.15) is 0 Å². The molecule has 15 heavy (non-hydrogen) atoms. The molecule has 3 nitrogen and oxygen atoms in total. The van der Waals surface area contributed by atoms with E-state index in [2.05, 4.69) is 6.92 Å². The molecule has 0 unspecified atom stereocenters. The van der Waals surface area contributed by atoms with Gasteiger partial charge >= 0.3 is 0 Å². The van der Waals surface area contributed by atoms with Crippen LogP contribution in [0.4, 0.5) is 0 Å². The highest BCUT2D eigenvalue weighted by Gasteiger charge is 2.12. The van der Waals surface area contributed by atoms with Crippen LogP contribution in [0.15, 0.2) is 0 Å². The van der Waals surface area contributed by atoms with Crippen molar-refractivity contribution < 1.29 is 10.2 Å². The van der Waals surface area contributed by atoms with Crippen molar-refractivity contribution in [1.82, 2.24) is 0 Å². The molecule has 0 aliphatic carbocycles. The molecule has 0 aliphatic rings. The molecular formula is C12H27NO2. The van der Waals surface area contributed by atoms with Crippen LogP contribution in [-0.2, 0) is 0 Å². The smallest absolute Gasteiger partial charge is 0.0713 e. The van der Waals surface area contributed by atoms with Crippen molar-refractivity contribution >= 4 is 0 Å². The third-order valence-electron chi connectivity index (χ3n) is 2.81. The lowest BCUT2D eigenvalue weighted by Crippen LogP contribution is -2.37. The second-order valence-electron chi connectivity index (χ2n) is 4.32. The first-order chi connectivity index (χ1) is 7.22. The molecule has 0 heterocycles. The molecule has 0 aromatic heterocycles. The van der Waals surface area contributed by atoms with Crippen molar-refractivity contribution in [3.05, 3.63) is 0 Å². The van der Waals surface area contributed by atoms with Crippen LogP contribution in [0.1, 0.15) is 58.3 Å². The number of nitrogens with two attached hydrogens (primary N) is 1. The Kier molecular flexibility index (Phi) is 10.3. The van der Waals surface area contributed by atoms with Crippen LogP contribution >= 0.6 is 0 Å². The SMILES string of the molecule is CCCCCCCCC[C@H](O)[C@@H](N)CO. The summed E-state index contributed by atoms with van der Waals surface area (Å²) in [6, 6.07) is -0.468. The van der Waals surface area contributed by atoms with Crippen LogP contribution in [-0.4, -0.2) is 29.0 Å². The maximum atomic E-state index is 9.47. The van der Waals surface area contributed by atoms with Crippen LogP contribution in [0, 0.1) is 0 Å². The van der Waals surface area contributed by atoms with Crippen molar-refractivity contribution in [2.45, 2.75) is 70.4 Å². The Balaban J connectivity index is 3.16. The average Bonchev–Trinajstić information content (AvgIpc) is 2.26. The first-order valence-electron chi connectivity index (χ1n) is 6.26. The zero-order chi connectivity index (χ0) is 11.5. The lowest BCUT2D eigenvalue weighted by molar-refractivity contribution is 0.0990. The predicted octanol–water partition coefficient (Wildman–Crippen LogP) is 1.81. The summed E-state index contributed by atoms with van der Waals surface area (Å²) in [6.45, 7) is 2.09. The summed E-state index contributed by atoms with van der Waals surface area (Å²) in [7, 11) is 0. The Hall–Kier alpha value is -0.120. The van der Waals surface area contributed by atoms with Crippen LogP contribution in [0.2, 0.25) is 0 Å². The summed E-state index contributed by atoms with van der Waals surface area (Å²) in [6.07, 6.45) is 8.86. The molecule has 0 spiro atoms. The second kappa shape index (κ2) is 10.4. The molecule has 0 radical (unpaired) electrons. The summed E-state index contributed by atoms with van der Waals surface area (Å²) in [5.74, 6) is 0. The van der Waals surface area contributed by atoms with Crippen LogP contribution in [0.5, 0.6) is 0 Å². The number of unbranched alkanes of at least 4 members (excludes halogenated alkanes) is 6. The van der Waals surface area contributed by atoms with Crippen LogP contribution in [0.3, 0.4) is 0 Å². The maximum absolute atomic E-state index is 9.47. The Bertz CT molecular complexity index is 131. The number of aliphatic hydroxyl groups is 2. The minimum Gasteiger partial charge on any atom is -0.395 e. The predicted molar refractivity (Wildman–Crippen MR) is 63.7 cm³/mol. The van der Waals surface area contributed by atoms with Crippen molar-refractivity contribution in [2.75, 3.05) is 6.61 Å². The first kappa shape index (κ1) is 14.9. The van der Waals surface area contributed by atoms with E-state index in [1.54, 1.807) is 0 Å². The monoisotopic (exact) mass is 217 g/mol. The Morgan fingerprint density at radius 3 is 2.07 bits per heavy atom. The van der Waals surface area contributed by atoms with Gasteiger partial charge in [0.25, 0.3) is 0 Å². The minimum atomic E-state index is -0.536. The van der Waals surface area contributed by atoms with Gasteiger partial charge in [-0.05, 0) is 6.42 Å².